The van der Waals surface area contributed by atoms with Crippen LogP contribution in [-0.4, -0.2) is 19.5 Å². The Kier molecular flexibility index (Phi) is 6.20. The SMILES string of the molecule is c1ccc(-c2nc(-c3ccccc3)nc(-n3c4cc5c(cc4c4ccc6ccccc6c43)C3(c4ccccc4Oc4ccccc43)c3ccccc3-5)n2)cc1. The van der Waals surface area contributed by atoms with Gasteiger partial charge in [0, 0.05) is 38.4 Å². The summed E-state index contributed by atoms with van der Waals surface area (Å²) in [6.07, 6.45) is 0. The summed E-state index contributed by atoms with van der Waals surface area (Å²) >= 11 is 0. The summed E-state index contributed by atoms with van der Waals surface area (Å²) in [5, 5.41) is 4.56. The van der Waals surface area contributed by atoms with Gasteiger partial charge < -0.3 is 4.74 Å². The molecular weight excluding hydrogens is 673 g/mol. The second kappa shape index (κ2) is 11.3. The molecule has 256 valence electrons. The van der Waals surface area contributed by atoms with Crippen molar-refractivity contribution in [2.24, 2.45) is 0 Å². The van der Waals surface area contributed by atoms with Crippen LogP contribution in [0.25, 0.3) is 72.4 Å². The first-order chi connectivity index (χ1) is 27.3. The number of rotatable bonds is 3. The minimum absolute atomic E-state index is 0.576. The molecule has 55 heavy (non-hydrogen) atoms. The van der Waals surface area contributed by atoms with Crippen LogP contribution in [0, 0.1) is 0 Å². The molecule has 0 saturated heterocycles. The predicted molar refractivity (Wildman–Crippen MR) is 220 cm³/mol. The zero-order chi connectivity index (χ0) is 36.1. The number of fused-ring (bicyclic) bond motifs is 14. The Bertz CT molecular complexity index is 3080. The lowest BCUT2D eigenvalue weighted by molar-refractivity contribution is 0.436. The van der Waals surface area contributed by atoms with E-state index in [-0.39, 0.29) is 0 Å². The summed E-state index contributed by atoms with van der Waals surface area (Å²) in [4.78, 5) is 15.6. The van der Waals surface area contributed by atoms with Gasteiger partial charge in [-0.25, -0.2) is 4.98 Å². The van der Waals surface area contributed by atoms with E-state index >= 15 is 0 Å². The molecule has 5 heteroatoms. The third kappa shape index (κ3) is 4.15. The smallest absolute Gasteiger partial charge is 0.238 e. The van der Waals surface area contributed by atoms with Crippen LogP contribution in [0.4, 0.5) is 0 Å². The molecule has 0 fully saturated rings. The first-order valence-corrected chi connectivity index (χ1v) is 18.6. The third-order valence-electron chi connectivity index (χ3n) is 11.5. The Morgan fingerprint density at radius 3 is 1.69 bits per heavy atom. The minimum atomic E-state index is -0.578. The van der Waals surface area contributed by atoms with Crippen molar-refractivity contribution < 1.29 is 4.74 Å². The van der Waals surface area contributed by atoms with Crippen LogP contribution in [0.15, 0.2) is 182 Å². The highest BCUT2D eigenvalue weighted by atomic mass is 16.5. The van der Waals surface area contributed by atoms with Crippen molar-refractivity contribution in [3.63, 3.8) is 0 Å². The fraction of sp³-hybridized carbons (Fsp3) is 0.0200. The second-order valence-corrected chi connectivity index (χ2v) is 14.3. The number of para-hydroxylation sites is 2. The summed E-state index contributed by atoms with van der Waals surface area (Å²) in [5.74, 6) is 3.58. The van der Waals surface area contributed by atoms with Gasteiger partial charge in [-0.3, -0.25) is 4.57 Å². The molecule has 0 amide bonds. The number of aromatic nitrogens is 4. The van der Waals surface area contributed by atoms with Crippen molar-refractivity contribution in [3.8, 4) is 51.3 Å². The molecule has 1 aliphatic carbocycles. The molecule has 8 aromatic carbocycles. The highest BCUT2D eigenvalue weighted by Gasteiger charge is 2.51. The molecule has 2 aliphatic rings. The summed E-state index contributed by atoms with van der Waals surface area (Å²) in [5.41, 5.74) is 10.6. The Labute approximate surface area is 316 Å². The lowest BCUT2D eigenvalue weighted by atomic mass is 9.66. The Hall–Kier alpha value is -7.37. The van der Waals surface area contributed by atoms with Crippen LogP contribution in [-0.2, 0) is 5.41 Å². The normalized spacial score (nSPS) is 13.4. The fourth-order valence-electron chi connectivity index (χ4n) is 9.23. The first kappa shape index (κ1) is 30.1. The highest BCUT2D eigenvalue weighted by Crippen LogP contribution is 2.62. The molecule has 12 rings (SSSR count). The highest BCUT2D eigenvalue weighted by molar-refractivity contribution is 6.19. The number of nitrogens with zero attached hydrogens (tertiary/aromatic N) is 4. The van der Waals surface area contributed by atoms with E-state index in [1.807, 2.05) is 36.4 Å². The van der Waals surface area contributed by atoms with Crippen LogP contribution in [0.5, 0.6) is 11.5 Å². The minimum Gasteiger partial charge on any atom is -0.457 e. The van der Waals surface area contributed by atoms with Gasteiger partial charge in [0.15, 0.2) is 11.6 Å². The Balaban J connectivity index is 1.24. The average molecular weight is 703 g/mol. The summed E-state index contributed by atoms with van der Waals surface area (Å²) in [6.45, 7) is 0. The maximum atomic E-state index is 6.63. The van der Waals surface area contributed by atoms with Crippen LogP contribution in [0.1, 0.15) is 22.3 Å². The summed E-state index contributed by atoms with van der Waals surface area (Å²) in [6, 6.07) is 64.2. The maximum Gasteiger partial charge on any atom is 0.238 e. The predicted octanol–water partition coefficient (Wildman–Crippen LogP) is 11.9. The van der Waals surface area contributed by atoms with E-state index in [2.05, 4.69) is 150 Å². The number of hydrogen-bond donors (Lipinski definition) is 0. The van der Waals surface area contributed by atoms with Crippen molar-refractivity contribution >= 4 is 32.6 Å². The molecule has 10 aromatic rings. The van der Waals surface area contributed by atoms with Crippen LogP contribution in [0.3, 0.4) is 0 Å². The van der Waals surface area contributed by atoms with Crippen LogP contribution < -0.4 is 4.74 Å². The van der Waals surface area contributed by atoms with Crippen LogP contribution >= 0.6 is 0 Å². The maximum absolute atomic E-state index is 6.63. The zero-order valence-corrected chi connectivity index (χ0v) is 29.5. The quantitative estimate of drug-likeness (QED) is 0.184. The van der Waals surface area contributed by atoms with Crippen LogP contribution in [0.2, 0.25) is 0 Å². The van der Waals surface area contributed by atoms with Gasteiger partial charge in [0.1, 0.15) is 11.5 Å². The molecule has 0 saturated carbocycles. The lowest BCUT2D eigenvalue weighted by Gasteiger charge is -2.39. The molecular formula is C50H30N4O. The van der Waals surface area contributed by atoms with Gasteiger partial charge in [-0.15, -0.1) is 0 Å². The van der Waals surface area contributed by atoms with Crippen molar-refractivity contribution in [1.82, 2.24) is 19.5 Å². The molecule has 2 aromatic heterocycles. The van der Waals surface area contributed by atoms with Gasteiger partial charge in [0.05, 0.1) is 16.4 Å². The molecule has 1 spiro atoms. The van der Waals surface area contributed by atoms with Gasteiger partial charge in [-0.05, 0) is 51.9 Å². The molecule has 0 unspecified atom stereocenters. The monoisotopic (exact) mass is 702 g/mol. The van der Waals surface area contributed by atoms with Gasteiger partial charge in [-0.2, -0.15) is 9.97 Å². The lowest BCUT2D eigenvalue weighted by Crippen LogP contribution is -2.32. The van der Waals surface area contributed by atoms with E-state index < -0.39 is 5.41 Å². The average Bonchev–Trinajstić information content (AvgIpc) is 3.74. The molecule has 3 heterocycles. The van der Waals surface area contributed by atoms with E-state index in [4.69, 9.17) is 19.7 Å². The Morgan fingerprint density at radius 1 is 0.418 bits per heavy atom. The van der Waals surface area contributed by atoms with E-state index in [0.29, 0.717) is 17.6 Å². The molecule has 1 aliphatic heterocycles. The van der Waals surface area contributed by atoms with Gasteiger partial charge >= 0.3 is 0 Å². The number of hydrogen-bond acceptors (Lipinski definition) is 4. The first-order valence-electron chi connectivity index (χ1n) is 18.6. The van der Waals surface area contributed by atoms with Gasteiger partial charge in [0.25, 0.3) is 0 Å². The van der Waals surface area contributed by atoms with Crippen molar-refractivity contribution in [3.05, 3.63) is 204 Å². The topological polar surface area (TPSA) is 52.8 Å². The second-order valence-electron chi connectivity index (χ2n) is 14.3. The molecule has 0 radical (unpaired) electrons. The zero-order valence-electron chi connectivity index (χ0n) is 29.5. The van der Waals surface area contributed by atoms with Crippen molar-refractivity contribution in [1.29, 1.82) is 0 Å². The fourth-order valence-corrected chi connectivity index (χ4v) is 9.23. The molecule has 5 nitrogen and oxygen atoms in total. The molecule has 0 bridgehead atoms. The van der Waals surface area contributed by atoms with E-state index in [1.165, 1.54) is 22.3 Å². The third-order valence-corrected chi connectivity index (χ3v) is 11.5. The largest absolute Gasteiger partial charge is 0.457 e. The standard InChI is InChI=1S/C50H30N4O/c1-3-16-32(17-4-1)47-51-48(33-18-5-2-6-19-33)53-49(52-47)54-43-30-37-35-21-9-10-22-39(35)50(40-23-11-13-25-44(40)55-45-26-14-12-24-41(45)50)42(37)29-38(43)36-28-27-31-15-7-8-20-34(31)46(36)54/h1-30H. The summed E-state index contributed by atoms with van der Waals surface area (Å²) < 4.78 is 8.90. The van der Waals surface area contributed by atoms with Gasteiger partial charge in [-0.1, -0.05) is 158 Å². The Morgan fingerprint density at radius 2 is 1.00 bits per heavy atom. The van der Waals surface area contributed by atoms with E-state index in [0.717, 1.165) is 66.3 Å². The number of benzene rings is 8. The van der Waals surface area contributed by atoms with Gasteiger partial charge in [0.2, 0.25) is 5.95 Å². The van der Waals surface area contributed by atoms with E-state index in [9.17, 15) is 0 Å². The molecule has 0 atom stereocenters. The van der Waals surface area contributed by atoms with E-state index in [1.54, 1.807) is 0 Å². The summed E-state index contributed by atoms with van der Waals surface area (Å²) in [7, 11) is 0. The van der Waals surface area contributed by atoms with Crippen molar-refractivity contribution in [2.45, 2.75) is 5.41 Å². The van der Waals surface area contributed by atoms with Crippen molar-refractivity contribution in [2.75, 3.05) is 0 Å². The molecule has 0 N–H and O–H groups in total. The number of ether oxygens (including phenoxy) is 1.